The highest BCUT2D eigenvalue weighted by molar-refractivity contribution is 5.13. The molecule has 0 fully saturated rings. The molecule has 0 spiro atoms. The highest BCUT2D eigenvalue weighted by Crippen LogP contribution is 1.95. The zero-order chi connectivity index (χ0) is 6.53. The topological polar surface area (TPSA) is 31.9 Å². The summed E-state index contributed by atoms with van der Waals surface area (Å²) < 4.78 is 0. The summed E-state index contributed by atoms with van der Waals surface area (Å²) in [5.74, 6) is 0. The van der Waals surface area contributed by atoms with Crippen LogP contribution in [-0.4, -0.2) is 0 Å². The summed E-state index contributed by atoms with van der Waals surface area (Å²) >= 11 is 0. The fourth-order valence-corrected chi connectivity index (χ4v) is 0.679. The summed E-state index contributed by atoms with van der Waals surface area (Å²) in [5.41, 5.74) is 2.85. The van der Waals surface area contributed by atoms with Gasteiger partial charge in [-0.05, 0) is 5.56 Å². The standard InChI is InChI=1S/C7H8NO/c9-8-6-7-4-2-1-3-5-7/h1-5,8H,6H2. The molecule has 0 saturated heterocycles. The molecule has 1 N–H and O–H groups in total. The maximum atomic E-state index is 9.85. The second-order valence-corrected chi connectivity index (χ2v) is 1.81. The number of hydrogen-bond acceptors (Lipinski definition) is 1. The van der Waals surface area contributed by atoms with E-state index in [2.05, 4.69) is 0 Å². The lowest BCUT2D eigenvalue weighted by atomic mass is 10.2. The molecule has 0 bridgehead atoms. The molecular weight excluding hydrogens is 114 g/mol. The lowest BCUT2D eigenvalue weighted by Gasteiger charge is -1.93. The van der Waals surface area contributed by atoms with Gasteiger partial charge in [0.1, 0.15) is 0 Å². The van der Waals surface area contributed by atoms with Crippen molar-refractivity contribution < 1.29 is 5.21 Å². The van der Waals surface area contributed by atoms with Crippen molar-refractivity contribution in [1.29, 1.82) is 0 Å². The molecule has 2 nitrogen and oxygen atoms in total. The zero-order valence-corrected chi connectivity index (χ0v) is 5.00. The molecule has 9 heavy (non-hydrogen) atoms. The average Bonchev–Trinajstić information content (AvgIpc) is 1.91. The first-order valence-corrected chi connectivity index (χ1v) is 2.82. The van der Waals surface area contributed by atoms with E-state index < -0.39 is 0 Å². The largest absolute Gasteiger partial charge is 0.164 e. The van der Waals surface area contributed by atoms with Crippen LogP contribution in [0.4, 0.5) is 0 Å². The van der Waals surface area contributed by atoms with Gasteiger partial charge in [0, 0.05) is 6.54 Å². The van der Waals surface area contributed by atoms with Crippen LogP contribution in [0.1, 0.15) is 5.56 Å². The molecule has 0 aliphatic heterocycles. The Morgan fingerprint density at radius 2 is 1.89 bits per heavy atom. The van der Waals surface area contributed by atoms with E-state index >= 15 is 0 Å². The van der Waals surface area contributed by atoms with Gasteiger partial charge < -0.3 is 0 Å². The van der Waals surface area contributed by atoms with Gasteiger partial charge in [0.2, 0.25) is 0 Å². The SMILES string of the molecule is [O]NCc1ccccc1. The van der Waals surface area contributed by atoms with Crippen LogP contribution in [0.2, 0.25) is 0 Å². The minimum atomic E-state index is 0.404. The van der Waals surface area contributed by atoms with Gasteiger partial charge in [-0.15, -0.1) is 5.21 Å². The van der Waals surface area contributed by atoms with Crippen molar-refractivity contribution in [3.63, 3.8) is 0 Å². The van der Waals surface area contributed by atoms with Gasteiger partial charge in [-0.1, -0.05) is 30.3 Å². The van der Waals surface area contributed by atoms with Crippen molar-refractivity contribution in [2.75, 3.05) is 0 Å². The van der Waals surface area contributed by atoms with Crippen molar-refractivity contribution in [3.8, 4) is 0 Å². The Balaban J connectivity index is 2.61. The Labute approximate surface area is 54.1 Å². The lowest BCUT2D eigenvalue weighted by Crippen LogP contribution is -2.03. The highest BCUT2D eigenvalue weighted by Gasteiger charge is 1.85. The fraction of sp³-hybridized carbons (Fsp3) is 0.143. The monoisotopic (exact) mass is 122 g/mol. The molecule has 1 aromatic rings. The van der Waals surface area contributed by atoms with Crippen LogP contribution in [0.15, 0.2) is 30.3 Å². The predicted octanol–water partition coefficient (Wildman–Crippen LogP) is 1.12. The first kappa shape index (κ1) is 6.26. The second-order valence-electron chi connectivity index (χ2n) is 1.81. The zero-order valence-electron chi connectivity index (χ0n) is 5.00. The summed E-state index contributed by atoms with van der Waals surface area (Å²) in [7, 11) is 0. The van der Waals surface area contributed by atoms with E-state index in [-0.39, 0.29) is 0 Å². The number of hydroxylamine groups is 1. The number of rotatable bonds is 2. The van der Waals surface area contributed by atoms with Crippen molar-refractivity contribution in [3.05, 3.63) is 35.9 Å². The first-order chi connectivity index (χ1) is 4.43. The van der Waals surface area contributed by atoms with Crippen molar-refractivity contribution >= 4 is 0 Å². The summed E-state index contributed by atoms with van der Waals surface area (Å²) in [5, 5.41) is 9.85. The molecule has 47 valence electrons. The van der Waals surface area contributed by atoms with Gasteiger partial charge in [0.05, 0.1) is 0 Å². The van der Waals surface area contributed by atoms with Crippen LogP contribution >= 0.6 is 0 Å². The molecule has 2 heteroatoms. The van der Waals surface area contributed by atoms with Crippen molar-refractivity contribution in [1.82, 2.24) is 5.48 Å². The van der Waals surface area contributed by atoms with Gasteiger partial charge in [0.25, 0.3) is 0 Å². The molecule has 0 atom stereocenters. The third kappa shape index (κ3) is 1.83. The summed E-state index contributed by atoms with van der Waals surface area (Å²) in [6, 6.07) is 9.56. The Bertz CT molecular complexity index is 162. The quantitative estimate of drug-likeness (QED) is 0.586. The Hall–Kier alpha value is -0.860. The van der Waals surface area contributed by atoms with Crippen LogP contribution in [0.25, 0.3) is 0 Å². The molecule has 0 heterocycles. The molecule has 0 amide bonds. The van der Waals surface area contributed by atoms with Crippen molar-refractivity contribution in [2.45, 2.75) is 6.54 Å². The summed E-state index contributed by atoms with van der Waals surface area (Å²) in [6.07, 6.45) is 0. The fourth-order valence-electron chi connectivity index (χ4n) is 0.679. The number of nitrogens with one attached hydrogen (secondary N) is 1. The Kier molecular flexibility index (Phi) is 2.24. The van der Waals surface area contributed by atoms with E-state index in [0.29, 0.717) is 6.54 Å². The minimum Gasteiger partial charge on any atom is -0.164 e. The normalized spacial score (nSPS) is 9.44. The van der Waals surface area contributed by atoms with Gasteiger partial charge in [-0.25, -0.2) is 0 Å². The van der Waals surface area contributed by atoms with Gasteiger partial charge >= 0.3 is 0 Å². The minimum absolute atomic E-state index is 0.404. The third-order valence-corrected chi connectivity index (χ3v) is 1.12. The van der Waals surface area contributed by atoms with Gasteiger partial charge in [-0.2, -0.15) is 5.48 Å². The predicted molar refractivity (Wildman–Crippen MR) is 34.0 cm³/mol. The lowest BCUT2D eigenvalue weighted by molar-refractivity contribution is 0.0707. The van der Waals surface area contributed by atoms with Crippen LogP contribution in [0.3, 0.4) is 0 Å². The molecule has 0 saturated carbocycles. The number of benzene rings is 1. The van der Waals surface area contributed by atoms with E-state index in [1.165, 1.54) is 0 Å². The molecule has 0 aromatic heterocycles. The van der Waals surface area contributed by atoms with E-state index in [1.807, 2.05) is 35.8 Å². The maximum absolute atomic E-state index is 9.85. The van der Waals surface area contributed by atoms with Gasteiger partial charge in [0.15, 0.2) is 0 Å². The average molecular weight is 122 g/mol. The van der Waals surface area contributed by atoms with E-state index in [1.54, 1.807) is 0 Å². The van der Waals surface area contributed by atoms with E-state index in [9.17, 15) is 5.21 Å². The third-order valence-electron chi connectivity index (χ3n) is 1.12. The molecule has 1 rings (SSSR count). The van der Waals surface area contributed by atoms with Crippen LogP contribution < -0.4 is 5.48 Å². The second kappa shape index (κ2) is 3.22. The van der Waals surface area contributed by atoms with Crippen LogP contribution in [-0.2, 0) is 11.8 Å². The molecule has 1 radical (unpaired) electrons. The summed E-state index contributed by atoms with van der Waals surface area (Å²) in [6.45, 7) is 0.404. The number of hydrogen-bond donors (Lipinski definition) is 1. The summed E-state index contributed by atoms with van der Waals surface area (Å²) in [4.78, 5) is 0. The highest BCUT2D eigenvalue weighted by atomic mass is 16.5. The Morgan fingerprint density at radius 1 is 1.22 bits per heavy atom. The van der Waals surface area contributed by atoms with Crippen LogP contribution in [0, 0.1) is 0 Å². The molecular formula is C7H8NO. The Morgan fingerprint density at radius 3 is 2.44 bits per heavy atom. The molecule has 0 unspecified atom stereocenters. The van der Waals surface area contributed by atoms with E-state index in [0.717, 1.165) is 5.56 Å². The van der Waals surface area contributed by atoms with Gasteiger partial charge in [-0.3, -0.25) is 0 Å². The smallest absolute Gasteiger partial charge is 0.0491 e. The molecule has 0 aliphatic rings. The maximum Gasteiger partial charge on any atom is 0.0491 e. The van der Waals surface area contributed by atoms with Crippen molar-refractivity contribution in [2.24, 2.45) is 0 Å². The van der Waals surface area contributed by atoms with Crippen LogP contribution in [0.5, 0.6) is 0 Å². The molecule has 0 aliphatic carbocycles. The first-order valence-electron chi connectivity index (χ1n) is 2.82. The molecule has 1 aromatic carbocycles. The van der Waals surface area contributed by atoms with E-state index in [4.69, 9.17) is 0 Å².